The molecule has 1 aromatic carbocycles. The number of rotatable bonds is 7. The van der Waals surface area contributed by atoms with E-state index in [2.05, 4.69) is 42.5 Å². The number of nitrogens with zero attached hydrogens (tertiary/aromatic N) is 2. The lowest BCUT2D eigenvalue weighted by Crippen LogP contribution is -2.28. The lowest BCUT2D eigenvalue weighted by atomic mass is 9.93. The Bertz CT molecular complexity index is 563. The van der Waals surface area contributed by atoms with Gasteiger partial charge in [-0.3, -0.25) is 4.68 Å². The lowest BCUT2D eigenvalue weighted by Gasteiger charge is -2.20. The Hall–Kier alpha value is -1.32. The van der Waals surface area contributed by atoms with Crippen LogP contribution in [0, 0.1) is 0 Å². The van der Waals surface area contributed by atoms with Crippen LogP contribution in [-0.2, 0) is 13.5 Å². The first-order valence-electron chi connectivity index (χ1n) is 7.52. The third-order valence-corrected chi connectivity index (χ3v) is 4.00. The standard InChI is InChI=1S/C17H24ClN3/c1-13(2)19-12-15(14-5-4-6-16(18)11-14)7-8-17-9-10-20-21(17)3/h4-6,9-11,13,15,19H,7-8,12H2,1-3H3. The van der Waals surface area contributed by atoms with Crippen molar-refractivity contribution in [2.45, 2.75) is 38.6 Å². The molecule has 0 bridgehead atoms. The van der Waals surface area contributed by atoms with Gasteiger partial charge >= 0.3 is 0 Å². The topological polar surface area (TPSA) is 29.9 Å². The average Bonchev–Trinajstić information content (AvgIpc) is 2.84. The molecule has 0 aliphatic carbocycles. The number of nitrogens with one attached hydrogen (secondary N) is 1. The summed E-state index contributed by atoms with van der Waals surface area (Å²) in [7, 11) is 2.00. The maximum Gasteiger partial charge on any atom is 0.0492 e. The van der Waals surface area contributed by atoms with Crippen molar-refractivity contribution >= 4 is 11.6 Å². The molecule has 0 aliphatic rings. The van der Waals surface area contributed by atoms with Crippen LogP contribution in [0.4, 0.5) is 0 Å². The van der Waals surface area contributed by atoms with E-state index in [1.54, 1.807) is 0 Å². The van der Waals surface area contributed by atoms with Gasteiger partial charge in [0.1, 0.15) is 0 Å². The molecule has 0 spiro atoms. The van der Waals surface area contributed by atoms with E-state index in [0.29, 0.717) is 12.0 Å². The van der Waals surface area contributed by atoms with Crippen LogP contribution >= 0.6 is 11.6 Å². The summed E-state index contributed by atoms with van der Waals surface area (Å²) in [6.07, 6.45) is 3.96. The number of aromatic nitrogens is 2. The monoisotopic (exact) mass is 305 g/mol. The minimum Gasteiger partial charge on any atom is -0.314 e. The number of benzene rings is 1. The lowest BCUT2D eigenvalue weighted by molar-refractivity contribution is 0.503. The molecule has 1 heterocycles. The van der Waals surface area contributed by atoms with Crippen LogP contribution in [0.25, 0.3) is 0 Å². The Morgan fingerprint density at radius 1 is 1.29 bits per heavy atom. The Morgan fingerprint density at radius 3 is 2.71 bits per heavy atom. The molecule has 0 aliphatic heterocycles. The molecule has 114 valence electrons. The molecule has 2 aromatic rings. The molecular weight excluding hydrogens is 282 g/mol. The summed E-state index contributed by atoms with van der Waals surface area (Å²) in [6, 6.07) is 10.8. The molecular formula is C17H24ClN3. The first kappa shape index (κ1) is 16.1. The van der Waals surface area contributed by atoms with Gasteiger partial charge in [0.05, 0.1) is 0 Å². The second kappa shape index (κ2) is 7.62. The van der Waals surface area contributed by atoms with Gasteiger partial charge < -0.3 is 5.32 Å². The van der Waals surface area contributed by atoms with Crippen molar-refractivity contribution in [3.05, 3.63) is 52.8 Å². The van der Waals surface area contributed by atoms with Crippen molar-refractivity contribution in [2.24, 2.45) is 7.05 Å². The Balaban J connectivity index is 2.06. The third kappa shape index (κ3) is 4.87. The normalized spacial score (nSPS) is 12.8. The second-order valence-corrected chi connectivity index (χ2v) is 6.24. The van der Waals surface area contributed by atoms with Crippen LogP contribution in [0.3, 0.4) is 0 Å². The summed E-state index contributed by atoms with van der Waals surface area (Å²) < 4.78 is 1.95. The van der Waals surface area contributed by atoms with E-state index in [1.165, 1.54) is 11.3 Å². The summed E-state index contributed by atoms with van der Waals surface area (Å²) >= 11 is 6.14. The minimum atomic E-state index is 0.459. The summed E-state index contributed by atoms with van der Waals surface area (Å²) in [5.41, 5.74) is 2.57. The van der Waals surface area contributed by atoms with E-state index in [-0.39, 0.29) is 0 Å². The predicted molar refractivity (Wildman–Crippen MR) is 88.9 cm³/mol. The van der Waals surface area contributed by atoms with Crippen LogP contribution in [0.1, 0.15) is 37.4 Å². The molecule has 1 aromatic heterocycles. The van der Waals surface area contributed by atoms with Gasteiger partial charge in [0.2, 0.25) is 0 Å². The van der Waals surface area contributed by atoms with E-state index < -0.39 is 0 Å². The zero-order valence-corrected chi connectivity index (χ0v) is 13.8. The Morgan fingerprint density at radius 2 is 2.10 bits per heavy atom. The SMILES string of the molecule is CC(C)NCC(CCc1ccnn1C)c1cccc(Cl)c1. The van der Waals surface area contributed by atoms with Crippen molar-refractivity contribution < 1.29 is 0 Å². The highest BCUT2D eigenvalue weighted by Gasteiger charge is 2.13. The van der Waals surface area contributed by atoms with E-state index >= 15 is 0 Å². The second-order valence-electron chi connectivity index (χ2n) is 5.80. The van der Waals surface area contributed by atoms with Gasteiger partial charge in [0.15, 0.2) is 0 Å². The van der Waals surface area contributed by atoms with Crippen LogP contribution < -0.4 is 5.32 Å². The van der Waals surface area contributed by atoms with Crippen molar-refractivity contribution in [1.29, 1.82) is 0 Å². The summed E-state index contributed by atoms with van der Waals surface area (Å²) in [6.45, 7) is 5.32. The van der Waals surface area contributed by atoms with Gasteiger partial charge in [0, 0.05) is 36.5 Å². The fraction of sp³-hybridized carbons (Fsp3) is 0.471. The molecule has 3 nitrogen and oxygen atoms in total. The van der Waals surface area contributed by atoms with Gasteiger partial charge in [-0.05, 0) is 42.5 Å². The van der Waals surface area contributed by atoms with Gasteiger partial charge in [-0.1, -0.05) is 37.6 Å². The fourth-order valence-corrected chi connectivity index (χ4v) is 2.69. The van der Waals surface area contributed by atoms with Crippen molar-refractivity contribution in [3.63, 3.8) is 0 Å². The maximum atomic E-state index is 6.14. The molecule has 0 saturated carbocycles. The highest BCUT2D eigenvalue weighted by atomic mass is 35.5. The number of aryl methyl sites for hydroxylation is 2. The third-order valence-electron chi connectivity index (χ3n) is 3.76. The molecule has 4 heteroatoms. The number of halogens is 1. The quantitative estimate of drug-likeness (QED) is 0.843. The summed E-state index contributed by atoms with van der Waals surface area (Å²) in [5.74, 6) is 0.459. The molecule has 0 saturated heterocycles. The van der Waals surface area contributed by atoms with Gasteiger partial charge in [-0.15, -0.1) is 0 Å². The molecule has 0 amide bonds. The Kier molecular flexibility index (Phi) is 5.83. The van der Waals surface area contributed by atoms with E-state index in [0.717, 1.165) is 24.4 Å². The van der Waals surface area contributed by atoms with E-state index in [9.17, 15) is 0 Å². The first-order valence-corrected chi connectivity index (χ1v) is 7.89. The van der Waals surface area contributed by atoms with Gasteiger partial charge in [0.25, 0.3) is 0 Å². The van der Waals surface area contributed by atoms with Crippen LogP contribution in [0.2, 0.25) is 5.02 Å². The van der Waals surface area contributed by atoms with Crippen molar-refractivity contribution in [1.82, 2.24) is 15.1 Å². The molecule has 0 fully saturated rings. The smallest absolute Gasteiger partial charge is 0.0492 e. The van der Waals surface area contributed by atoms with Gasteiger partial charge in [-0.25, -0.2) is 0 Å². The summed E-state index contributed by atoms with van der Waals surface area (Å²) in [4.78, 5) is 0. The van der Waals surface area contributed by atoms with Crippen molar-refractivity contribution in [3.8, 4) is 0 Å². The summed E-state index contributed by atoms with van der Waals surface area (Å²) in [5, 5.41) is 8.59. The molecule has 2 rings (SSSR count). The molecule has 1 unspecified atom stereocenters. The van der Waals surface area contributed by atoms with Crippen molar-refractivity contribution in [2.75, 3.05) is 6.54 Å². The largest absolute Gasteiger partial charge is 0.314 e. The highest BCUT2D eigenvalue weighted by molar-refractivity contribution is 6.30. The zero-order valence-electron chi connectivity index (χ0n) is 13.0. The molecule has 1 atom stereocenters. The minimum absolute atomic E-state index is 0.459. The van der Waals surface area contributed by atoms with Crippen LogP contribution in [0.5, 0.6) is 0 Å². The first-order chi connectivity index (χ1) is 10.1. The van der Waals surface area contributed by atoms with Crippen LogP contribution in [0.15, 0.2) is 36.5 Å². The Labute approximate surface area is 132 Å². The fourth-order valence-electron chi connectivity index (χ4n) is 2.49. The predicted octanol–water partition coefficient (Wildman–Crippen LogP) is 3.79. The van der Waals surface area contributed by atoms with E-state index in [1.807, 2.05) is 30.1 Å². The molecule has 1 N–H and O–H groups in total. The molecule has 0 radical (unpaired) electrons. The number of hydrogen-bond donors (Lipinski definition) is 1. The molecule has 21 heavy (non-hydrogen) atoms. The zero-order chi connectivity index (χ0) is 15.2. The highest BCUT2D eigenvalue weighted by Crippen LogP contribution is 2.24. The van der Waals surface area contributed by atoms with E-state index in [4.69, 9.17) is 11.6 Å². The maximum absolute atomic E-state index is 6.14. The van der Waals surface area contributed by atoms with Gasteiger partial charge in [-0.2, -0.15) is 5.10 Å². The number of hydrogen-bond acceptors (Lipinski definition) is 2. The van der Waals surface area contributed by atoms with Crippen LogP contribution in [-0.4, -0.2) is 22.4 Å². The average molecular weight is 306 g/mol.